The first-order chi connectivity index (χ1) is 18.2. The third kappa shape index (κ3) is 8.07. The molecule has 3 aromatic carbocycles. The second-order valence-electron chi connectivity index (χ2n) is 9.91. The van der Waals surface area contributed by atoms with Crippen LogP contribution in [0.2, 0.25) is 0 Å². The highest BCUT2D eigenvalue weighted by Crippen LogP contribution is 2.21. The summed E-state index contributed by atoms with van der Waals surface area (Å²) in [7, 11) is 3.29. The van der Waals surface area contributed by atoms with Gasteiger partial charge in [-0.05, 0) is 73.2 Å². The van der Waals surface area contributed by atoms with Crippen LogP contribution in [-0.2, 0) is 27.3 Å². The second kappa shape index (κ2) is 13.6. The average Bonchev–Trinajstić information content (AvgIpc) is 2.91. The van der Waals surface area contributed by atoms with Crippen LogP contribution >= 0.6 is 0 Å². The Morgan fingerprint density at radius 3 is 2.34 bits per heavy atom. The van der Waals surface area contributed by atoms with Gasteiger partial charge in [-0.2, -0.15) is 5.10 Å². The van der Waals surface area contributed by atoms with Crippen molar-refractivity contribution in [3.63, 3.8) is 0 Å². The summed E-state index contributed by atoms with van der Waals surface area (Å²) in [6.45, 7) is 6.70. The van der Waals surface area contributed by atoms with Crippen LogP contribution in [-0.4, -0.2) is 54.4 Å². The Morgan fingerprint density at radius 2 is 1.68 bits per heavy atom. The van der Waals surface area contributed by atoms with Gasteiger partial charge in [-0.25, -0.2) is 4.79 Å². The summed E-state index contributed by atoms with van der Waals surface area (Å²) < 4.78 is 10.6. The van der Waals surface area contributed by atoms with Crippen molar-refractivity contribution in [2.75, 3.05) is 20.7 Å². The lowest BCUT2D eigenvalue weighted by Crippen LogP contribution is -2.39. The summed E-state index contributed by atoms with van der Waals surface area (Å²) in [6, 6.07) is 22.5. The second-order valence-corrected chi connectivity index (χ2v) is 9.91. The van der Waals surface area contributed by atoms with Gasteiger partial charge in [0.2, 0.25) is 6.41 Å². The molecule has 0 aliphatic carbocycles. The number of methoxy groups -OCH3 is 1. The molecular formula is C31H39N3O4. The molecule has 0 fully saturated rings. The van der Waals surface area contributed by atoms with E-state index in [1.807, 2.05) is 48.5 Å². The van der Waals surface area contributed by atoms with Gasteiger partial charge in [-0.3, -0.25) is 9.80 Å². The fraction of sp³-hybridized carbons (Fsp3) is 0.387. The third-order valence-electron chi connectivity index (χ3n) is 6.27. The molecule has 0 atom stereocenters. The topological polar surface area (TPSA) is 71.4 Å². The van der Waals surface area contributed by atoms with E-state index in [-0.39, 0.29) is 0 Å². The highest BCUT2D eigenvalue weighted by Gasteiger charge is 2.31. The van der Waals surface area contributed by atoms with Gasteiger partial charge in [-0.1, -0.05) is 55.5 Å². The number of hydrazone groups is 1. The number of esters is 1. The van der Waals surface area contributed by atoms with E-state index in [0.717, 1.165) is 37.1 Å². The molecule has 1 amide bonds. The molecule has 0 aliphatic rings. The molecule has 3 aromatic rings. The maximum atomic E-state index is 11.9. The maximum absolute atomic E-state index is 11.9. The molecule has 0 saturated heterocycles. The van der Waals surface area contributed by atoms with Crippen molar-refractivity contribution in [2.45, 2.75) is 58.6 Å². The summed E-state index contributed by atoms with van der Waals surface area (Å²) in [4.78, 5) is 25.4. The first-order valence-corrected chi connectivity index (χ1v) is 13.1. The maximum Gasteiger partial charge on any atom is 0.349 e. The number of fused-ring (bicyclic) bond motifs is 1. The number of aryl methyl sites for hydroxylation is 1. The Hall–Kier alpha value is -3.87. The molecule has 0 saturated carbocycles. The molecule has 0 aliphatic heterocycles. The zero-order chi connectivity index (χ0) is 27.5. The zero-order valence-corrected chi connectivity index (χ0v) is 23.1. The molecule has 0 bridgehead atoms. The van der Waals surface area contributed by atoms with Gasteiger partial charge < -0.3 is 14.4 Å². The van der Waals surface area contributed by atoms with Crippen LogP contribution in [0.25, 0.3) is 10.8 Å². The highest BCUT2D eigenvalue weighted by molar-refractivity contribution is 5.90. The molecule has 7 heteroatoms. The van der Waals surface area contributed by atoms with Gasteiger partial charge in [0.15, 0.2) is 5.60 Å². The van der Waals surface area contributed by atoms with Crippen molar-refractivity contribution in [2.24, 2.45) is 5.10 Å². The van der Waals surface area contributed by atoms with Gasteiger partial charge in [0, 0.05) is 20.0 Å². The van der Waals surface area contributed by atoms with Crippen LogP contribution in [0.1, 0.15) is 51.2 Å². The number of ether oxygens (including phenoxy) is 2. The number of rotatable bonds is 13. The lowest BCUT2D eigenvalue weighted by Gasteiger charge is -2.23. The number of amidine groups is 1. The van der Waals surface area contributed by atoms with E-state index in [2.05, 4.69) is 37.3 Å². The normalized spacial score (nSPS) is 11.8. The smallest absolute Gasteiger partial charge is 0.349 e. The highest BCUT2D eigenvalue weighted by atomic mass is 16.6. The lowest BCUT2D eigenvalue weighted by atomic mass is 10.1. The molecular weight excluding hydrogens is 478 g/mol. The quantitative estimate of drug-likeness (QED) is 0.0941. The van der Waals surface area contributed by atoms with E-state index in [0.29, 0.717) is 25.3 Å². The summed E-state index contributed by atoms with van der Waals surface area (Å²) in [5.41, 5.74) is 1.25. The first-order valence-electron chi connectivity index (χ1n) is 13.1. The number of carbonyl (C=O) groups excluding carboxylic acids is 2. The van der Waals surface area contributed by atoms with Crippen LogP contribution in [0.5, 0.6) is 5.75 Å². The van der Waals surface area contributed by atoms with E-state index >= 15 is 0 Å². The number of amides is 1. The van der Waals surface area contributed by atoms with Crippen molar-refractivity contribution in [1.82, 2.24) is 9.91 Å². The lowest BCUT2D eigenvalue weighted by molar-refractivity contribution is -0.156. The molecule has 7 nitrogen and oxygen atoms in total. The van der Waals surface area contributed by atoms with Crippen molar-refractivity contribution in [3.8, 4) is 5.75 Å². The largest absolute Gasteiger partial charge is 0.476 e. The van der Waals surface area contributed by atoms with E-state index in [1.165, 1.54) is 23.4 Å². The average molecular weight is 518 g/mol. The fourth-order valence-corrected chi connectivity index (χ4v) is 4.33. The molecule has 0 unspecified atom stereocenters. The SMILES string of the molecule is CCCN(C=O)/C(CCCc1ccc(OC(C)(C)C(=O)OC)cc1)=N\N(C)Cc1ccc2ccccc2c1. The summed E-state index contributed by atoms with van der Waals surface area (Å²) >= 11 is 0. The standard InChI is InChI=1S/C31H39N3O4/c1-6-20-34(23-35)29(32-33(4)22-25-14-17-26-11-7-8-12-27(26)21-25)13-9-10-24-15-18-28(19-16-24)38-31(2,3)30(36)37-5/h7-8,11-12,14-19,21,23H,6,9-10,13,20,22H2,1-5H3/b32-29-. The zero-order valence-electron chi connectivity index (χ0n) is 23.1. The van der Waals surface area contributed by atoms with E-state index < -0.39 is 11.6 Å². The number of benzene rings is 3. The molecule has 0 heterocycles. The molecule has 0 radical (unpaired) electrons. The molecule has 3 rings (SSSR count). The minimum atomic E-state index is -1.06. The minimum absolute atomic E-state index is 0.425. The Morgan fingerprint density at radius 1 is 1.00 bits per heavy atom. The van der Waals surface area contributed by atoms with Crippen LogP contribution in [0.3, 0.4) is 0 Å². The Labute approximate surface area is 226 Å². The monoisotopic (exact) mass is 517 g/mol. The summed E-state index contributed by atoms with van der Waals surface area (Å²) in [5.74, 6) is 0.951. The molecule has 0 spiro atoms. The van der Waals surface area contributed by atoms with Crippen LogP contribution in [0, 0.1) is 0 Å². The number of hydrogen-bond donors (Lipinski definition) is 0. The number of nitrogens with zero attached hydrogens (tertiary/aromatic N) is 3. The van der Waals surface area contributed by atoms with E-state index in [9.17, 15) is 9.59 Å². The van der Waals surface area contributed by atoms with Gasteiger partial charge in [0.05, 0.1) is 13.7 Å². The van der Waals surface area contributed by atoms with Crippen LogP contribution in [0.15, 0.2) is 71.8 Å². The van der Waals surface area contributed by atoms with E-state index in [1.54, 1.807) is 18.7 Å². The molecule has 202 valence electrons. The van der Waals surface area contributed by atoms with Crippen LogP contribution in [0.4, 0.5) is 0 Å². The fourth-order valence-electron chi connectivity index (χ4n) is 4.33. The van der Waals surface area contributed by atoms with Crippen molar-refractivity contribution in [3.05, 3.63) is 77.9 Å². The third-order valence-corrected chi connectivity index (χ3v) is 6.27. The molecule has 0 N–H and O–H groups in total. The van der Waals surface area contributed by atoms with Crippen LogP contribution < -0.4 is 4.74 Å². The van der Waals surface area contributed by atoms with Crippen molar-refractivity contribution < 1.29 is 19.1 Å². The summed E-state index contributed by atoms with van der Waals surface area (Å²) in [6.07, 6.45) is 4.07. The van der Waals surface area contributed by atoms with Gasteiger partial charge in [0.25, 0.3) is 0 Å². The Kier molecular flexibility index (Phi) is 10.3. The predicted octanol–water partition coefficient (Wildman–Crippen LogP) is 5.81. The Balaban J connectivity index is 1.64. The van der Waals surface area contributed by atoms with Crippen molar-refractivity contribution >= 4 is 29.0 Å². The van der Waals surface area contributed by atoms with E-state index in [4.69, 9.17) is 14.6 Å². The molecule has 0 aromatic heterocycles. The minimum Gasteiger partial charge on any atom is -0.476 e. The van der Waals surface area contributed by atoms with Gasteiger partial charge in [0.1, 0.15) is 11.6 Å². The number of carbonyl (C=O) groups is 2. The summed E-state index contributed by atoms with van der Waals surface area (Å²) in [5, 5.41) is 9.15. The van der Waals surface area contributed by atoms with Crippen molar-refractivity contribution in [1.29, 1.82) is 0 Å². The number of hydrogen-bond acceptors (Lipinski definition) is 6. The first kappa shape index (κ1) is 28.7. The molecule has 38 heavy (non-hydrogen) atoms. The van der Waals surface area contributed by atoms with Gasteiger partial charge >= 0.3 is 5.97 Å². The predicted molar refractivity (Wildman–Crippen MR) is 152 cm³/mol. The Bertz CT molecular complexity index is 1240. The van der Waals surface area contributed by atoms with Gasteiger partial charge in [-0.15, -0.1) is 0 Å².